The van der Waals surface area contributed by atoms with Gasteiger partial charge >= 0.3 is 20.4 Å². The van der Waals surface area contributed by atoms with E-state index in [1.165, 1.54) is 65.3 Å². The van der Waals surface area contributed by atoms with Gasteiger partial charge in [0.25, 0.3) is 0 Å². The summed E-state index contributed by atoms with van der Waals surface area (Å²) >= 11 is 0. The number of ether oxygens (including phenoxy) is 4. The second kappa shape index (κ2) is 20.1. The molecule has 8 aromatic carbocycles. The molecule has 1 aliphatic carbocycles. The largest absolute Gasteiger partial charge is 2.00 e. The van der Waals surface area contributed by atoms with Crippen molar-refractivity contribution in [2.24, 2.45) is 0 Å². The Morgan fingerprint density at radius 3 is 0.691 bits per heavy atom. The van der Waals surface area contributed by atoms with Crippen LogP contribution in [0, 0.1) is 0 Å². The average molecular weight is 1150 g/mol. The van der Waals surface area contributed by atoms with Crippen LogP contribution in [0.1, 0.15) is 97.3 Å². The van der Waals surface area contributed by atoms with Gasteiger partial charge in [0.05, 0.1) is 22.8 Å². The first-order valence-electron chi connectivity index (χ1n) is 29.4. The molecule has 4 saturated heterocycles. The summed E-state index contributed by atoms with van der Waals surface area (Å²) in [6, 6.07) is 54.9. The number of hydrogen-bond acceptors (Lipinski definition) is 6. The van der Waals surface area contributed by atoms with Crippen molar-refractivity contribution in [3.8, 4) is 45.0 Å². The molecule has 0 amide bonds. The van der Waals surface area contributed by atoms with Crippen molar-refractivity contribution in [2.45, 2.75) is 75.0 Å². The van der Waals surface area contributed by atoms with E-state index in [-0.39, 0.29) is 44.1 Å². The van der Waals surface area contributed by atoms with Gasteiger partial charge in [0.2, 0.25) is 0 Å². The summed E-state index contributed by atoms with van der Waals surface area (Å²) in [5, 5.41) is 14.3. The molecule has 9 heteroatoms. The van der Waals surface area contributed by atoms with Gasteiger partial charge in [-0.15, -0.1) is 22.1 Å². The first-order valence-corrected chi connectivity index (χ1v) is 29.4. The molecule has 7 aliphatic rings. The summed E-state index contributed by atoms with van der Waals surface area (Å²) in [7, 11) is 0. The number of hydrogen-bond donors (Lipinski definition) is 0. The van der Waals surface area contributed by atoms with E-state index in [1.807, 2.05) is 0 Å². The molecule has 402 valence electrons. The van der Waals surface area contributed by atoms with Crippen LogP contribution in [0.2, 0.25) is 0 Å². The molecule has 81 heavy (non-hydrogen) atoms. The fourth-order valence-electron chi connectivity index (χ4n) is 15.0. The van der Waals surface area contributed by atoms with E-state index < -0.39 is 0 Å². The molecule has 17 rings (SSSR count). The van der Waals surface area contributed by atoms with Crippen LogP contribution in [0.5, 0.6) is 0 Å². The predicted octanol–water partition coefficient (Wildman–Crippen LogP) is 16.7. The van der Waals surface area contributed by atoms with Crippen molar-refractivity contribution >= 4 is 86.7 Å². The smallest absolute Gasteiger partial charge is 0.656 e. The average Bonchev–Trinajstić information content (AvgIpc) is 3.51. The molecule has 8 nitrogen and oxygen atoms in total. The van der Waals surface area contributed by atoms with Crippen molar-refractivity contribution in [1.82, 2.24) is 19.9 Å². The molecule has 0 atom stereocenters. The van der Waals surface area contributed by atoms with Crippen molar-refractivity contribution in [3.05, 3.63) is 168 Å². The first-order chi connectivity index (χ1) is 39.7. The van der Waals surface area contributed by atoms with Gasteiger partial charge in [0.15, 0.2) is 0 Å². The minimum atomic E-state index is 0. The van der Waals surface area contributed by atoms with E-state index in [2.05, 4.69) is 146 Å². The zero-order valence-corrected chi connectivity index (χ0v) is 46.8. The van der Waals surface area contributed by atoms with Crippen LogP contribution < -0.4 is 9.97 Å². The zero-order chi connectivity index (χ0) is 52.4. The monoisotopic (exact) mass is 1150 g/mol. The van der Waals surface area contributed by atoms with Crippen LogP contribution in [-0.2, 0) is 39.4 Å². The van der Waals surface area contributed by atoms with Crippen LogP contribution in [0.15, 0.2) is 146 Å². The maximum Gasteiger partial charge on any atom is 2.00 e. The Balaban J connectivity index is 0.00000542. The molecular weight excluding hydrogens is 1090 g/mol. The van der Waals surface area contributed by atoms with Gasteiger partial charge in [-0.2, -0.15) is 0 Å². The van der Waals surface area contributed by atoms with Crippen molar-refractivity contribution in [2.75, 3.05) is 52.9 Å². The standard InChI is InChI=1S/C72H60N4O4.Pd/c1-2-10-46-34-54-53(33-45(46)9-1)65-61(41-17-25-77-26-18-41)67-55-35-47-11-3-4-12-48(47)36-56(55)69(74-67)63(43-21-29-79-30-22-43)71-59-39-51-15-7-8-16-52(51)40-60(59)72(76-71)64(44-23-31-80-32-24-44)70-58-38-50-14-6-5-13-49(50)37-57(58)68(75-70)62(66(54)73-65)42-19-27-78-28-20-42;/h1-16,33-44H,17-32H2;/q-2;+2. The van der Waals surface area contributed by atoms with Gasteiger partial charge < -0.3 is 28.9 Å². The molecule has 0 radical (unpaired) electrons. The van der Waals surface area contributed by atoms with Crippen LogP contribution >= 0.6 is 0 Å². The van der Waals surface area contributed by atoms with Crippen molar-refractivity contribution < 1.29 is 39.4 Å². The molecule has 0 unspecified atom stereocenters. The van der Waals surface area contributed by atoms with Crippen molar-refractivity contribution in [1.29, 1.82) is 0 Å². The normalized spacial score (nSPS) is 17.6. The molecule has 0 saturated carbocycles. The Labute approximate surface area is 483 Å². The van der Waals surface area contributed by atoms with Gasteiger partial charge in [-0.3, -0.25) is 0 Å². The number of nitrogens with zero attached hydrogens (tertiary/aromatic N) is 4. The van der Waals surface area contributed by atoms with Gasteiger partial charge in [-0.1, -0.05) is 97.1 Å². The van der Waals surface area contributed by atoms with Crippen LogP contribution in [0.25, 0.3) is 132 Å². The Morgan fingerprint density at radius 2 is 0.481 bits per heavy atom. The maximum absolute atomic E-state index is 6.27. The Kier molecular flexibility index (Phi) is 12.4. The maximum atomic E-state index is 6.27. The number of rotatable bonds is 4. The second-order valence-corrected chi connectivity index (χ2v) is 23.4. The van der Waals surface area contributed by atoms with Crippen LogP contribution in [-0.4, -0.2) is 62.8 Å². The molecule has 0 spiro atoms. The number of fused-ring (bicyclic) bond motifs is 4. The minimum absolute atomic E-state index is 0. The van der Waals surface area contributed by atoms with Gasteiger partial charge in [0.1, 0.15) is 0 Å². The van der Waals surface area contributed by atoms with Crippen LogP contribution in [0.3, 0.4) is 0 Å². The van der Waals surface area contributed by atoms with Crippen LogP contribution in [0.4, 0.5) is 0 Å². The molecule has 6 aliphatic heterocycles. The Hall–Kier alpha value is -7.06. The third kappa shape index (κ3) is 8.10. The molecule has 4 fully saturated rings. The predicted molar refractivity (Wildman–Crippen MR) is 324 cm³/mol. The summed E-state index contributed by atoms with van der Waals surface area (Å²) < 4.78 is 25.0. The SMILES string of the molecule is [Pd+2].c1ccc2cc3c(cc2c1)-c1nc-3c(C2CCOCC2)c2[n-]c(c(C3CCOCC3)c3nc(c(C4CCOCC4)c4[n-]c(c1C1CCOCC1)c1cc5ccccc5cc41)-c1cc4ccccc4cc1-3)c1cc3ccccc3cc21. The van der Waals surface area contributed by atoms with Crippen molar-refractivity contribution in [3.63, 3.8) is 0 Å². The topological polar surface area (TPSA) is 90.9 Å². The van der Waals surface area contributed by atoms with Gasteiger partial charge in [-0.25, -0.2) is 9.97 Å². The minimum Gasteiger partial charge on any atom is -0.656 e. The summed E-state index contributed by atoms with van der Waals surface area (Å²) in [5.41, 5.74) is 17.7. The van der Waals surface area contributed by atoms with E-state index in [0.717, 1.165) is 140 Å². The molecule has 0 N–H and O–H groups in total. The zero-order valence-electron chi connectivity index (χ0n) is 45.2. The molecule has 2 aromatic heterocycles. The number of aromatic nitrogens is 4. The van der Waals surface area contributed by atoms with E-state index in [4.69, 9.17) is 38.9 Å². The Morgan fingerprint density at radius 1 is 0.284 bits per heavy atom. The fourth-order valence-corrected chi connectivity index (χ4v) is 15.0. The Bertz CT molecular complexity index is 3990. The third-order valence-corrected chi connectivity index (χ3v) is 19.0. The third-order valence-electron chi connectivity index (χ3n) is 19.0. The first kappa shape index (κ1) is 49.7. The summed E-state index contributed by atoms with van der Waals surface area (Å²) in [5.74, 6) is 0.551. The fraction of sp³-hybridized carbons (Fsp3) is 0.278. The van der Waals surface area contributed by atoms with E-state index in [0.29, 0.717) is 52.9 Å². The van der Waals surface area contributed by atoms with E-state index in [1.54, 1.807) is 0 Å². The van der Waals surface area contributed by atoms with Gasteiger partial charge in [0, 0.05) is 75.1 Å². The summed E-state index contributed by atoms with van der Waals surface area (Å²) in [6.07, 6.45) is 6.99. The molecule has 8 bridgehead atoms. The van der Waals surface area contributed by atoms with E-state index in [9.17, 15) is 0 Å². The summed E-state index contributed by atoms with van der Waals surface area (Å²) in [6.45, 7) is 5.46. The molecule has 8 heterocycles. The van der Waals surface area contributed by atoms with E-state index >= 15 is 0 Å². The number of benzene rings is 8. The second-order valence-electron chi connectivity index (χ2n) is 23.4. The quantitative estimate of drug-likeness (QED) is 0.161. The molecular formula is C72H60N4O4Pd. The summed E-state index contributed by atoms with van der Waals surface area (Å²) in [4.78, 5) is 25.1. The molecule has 10 aromatic rings. The van der Waals surface area contributed by atoms with Gasteiger partial charge in [-0.05, 0) is 210 Å².